The minimum atomic E-state index is -5.08. The van der Waals surface area contributed by atoms with Gasteiger partial charge in [-0.1, -0.05) is 11.3 Å². The molecule has 0 atom stereocenters. The van der Waals surface area contributed by atoms with Crippen molar-refractivity contribution in [2.75, 3.05) is 20.2 Å². The van der Waals surface area contributed by atoms with Crippen LogP contribution in [0.4, 0.5) is 13.2 Å². The van der Waals surface area contributed by atoms with Gasteiger partial charge >= 0.3 is 12.1 Å². The molecule has 0 spiro atoms. The Morgan fingerprint density at radius 2 is 2.03 bits per heavy atom. The molecule has 13 heteroatoms. The van der Waals surface area contributed by atoms with Crippen LogP contribution in [0.15, 0.2) is 28.9 Å². The highest BCUT2D eigenvalue weighted by molar-refractivity contribution is 9.10. The lowest BCUT2D eigenvalue weighted by atomic mass is 10.1. The molecular weight excluding hydrogens is 475 g/mol. The molecule has 2 aromatic rings. The number of carboxylic acid groups (broad SMARTS) is 1. The predicted molar refractivity (Wildman–Crippen MR) is 104 cm³/mol. The van der Waals surface area contributed by atoms with Crippen LogP contribution in [0.5, 0.6) is 5.75 Å². The van der Waals surface area contributed by atoms with E-state index >= 15 is 0 Å². The Morgan fingerprint density at radius 1 is 1.37 bits per heavy atom. The molecule has 0 unspecified atom stereocenters. The van der Waals surface area contributed by atoms with Crippen LogP contribution in [0.25, 0.3) is 0 Å². The maximum Gasteiger partial charge on any atom is 0.490 e. The number of hydrogen-bond acceptors (Lipinski definition) is 6. The second-order valence-corrected chi connectivity index (χ2v) is 6.64. The van der Waals surface area contributed by atoms with Crippen molar-refractivity contribution < 1.29 is 32.6 Å². The number of methoxy groups -OCH3 is 1. The van der Waals surface area contributed by atoms with Crippen LogP contribution in [0.2, 0.25) is 0 Å². The number of amides is 1. The number of nitrogens with one attached hydrogen (secondary N) is 1. The van der Waals surface area contributed by atoms with E-state index in [0.717, 1.165) is 28.6 Å². The molecule has 0 fully saturated rings. The predicted octanol–water partition coefficient (Wildman–Crippen LogP) is 2.00. The molecule has 166 valence electrons. The number of nitrogens with two attached hydrogens (primary N) is 1. The average molecular weight is 496 g/mol. The van der Waals surface area contributed by atoms with Crippen LogP contribution in [-0.4, -0.2) is 58.4 Å². The summed E-state index contributed by atoms with van der Waals surface area (Å²) in [6.07, 6.45) is -1.91. The number of halogens is 4. The van der Waals surface area contributed by atoms with Gasteiger partial charge in [-0.05, 0) is 53.0 Å². The van der Waals surface area contributed by atoms with Crippen molar-refractivity contribution in [2.45, 2.75) is 25.6 Å². The molecule has 1 amide bonds. The molecule has 0 aliphatic rings. The Morgan fingerprint density at radius 3 is 2.57 bits per heavy atom. The first-order chi connectivity index (χ1) is 14.1. The van der Waals surface area contributed by atoms with Crippen LogP contribution >= 0.6 is 15.9 Å². The molecular formula is C17H21BrF3N5O4. The summed E-state index contributed by atoms with van der Waals surface area (Å²) >= 11 is 3.47. The zero-order valence-corrected chi connectivity index (χ0v) is 17.5. The number of nitrogens with zero attached hydrogens (tertiary/aromatic N) is 3. The first-order valence-electron chi connectivity index (χ1n) is 8.59. The monoisotopic (exact) mass is 495 g/mol. The van der Waals surface area contributed by atoms with E-state index in [-0.39, 0.29) is 5.91 Å². The van der Waals surface area contributed by atoms with Crippen molar-refractivity contribution in [1.82, 2.24) is 20.3 Å². The van der Waals surface area contributed by atoms with Gasteiger partial charge < -0.3 is 20.9 Å². The third kappa shape index (κ3) is 8.78. The van der Waals surface area contributed by atoms with Crippen LogP contribution in [0.1, 0.15) is 22.5 Å². The van der Waals surface area contributed by atoms with Gasteiger partial charge in [-0.15, -0.1) is 5.10 Å². The molecule has 30 heavy (non-hydrogen) atoms. The third-order valence-electron chi connectivity index (χ3n) is 3.53. The molecule has 0 bridgehead atoms. The Hall–Kier alpha value is -2.67. The fourth-order valence-electron chi connectivity index (χ4n) is 2.02. The molecule has 0 radical (unpaired) electrons. The van der Waals surface area contributed by atoms with Gasteiger partial charge in [-0.25, -0.2) is 4.79 Å². The highest BCUT2D eigenvalue weighted by Gasteiger charge is 2.38. The number of alkyl halides is 3. The lowest BCUT2D eigenvalue weighted by molar-refractivity contribution is -0.192. The van der Waals surface area contributed by atoms with Crippen molar-refractivity contribution in [3.63, 3.8) is 0 Å². The van der Waals surface area contributed by atoms with Crippen molar-refractivity contribution in [3.05, 3.63) is 40.1 Å². The number of carbonyl (C=O) groups excluding carboxylic acids is 1. The van der Waals surface area contributed by atoms with Crippen LogP contribution in [0, 0.1) is 0 Å². The van der Waals surface area contributed by atoms with Crippen molar-refractivity contribution in [3.8, 4) is 5.75 Å². The number of aliphatic carboxylic acids is 1. The van der Waals surface area contributed by atoms with Gasteiger partial charge in [0.15, 0.2) is 5.69 Å². The van der Waals surface area contributed by atoms with Crippen LogP contribution < -0.4 is 15.8 Å². The standard InChI is InChI=1S/C15H20BrN5O2.C2HF3O2/c1-23-14-4-3-11(9-12(14)16)5-8-21-10-13(19-20-21)15(22)18-7-2-6-17;3-2(4,5)1(6)7/h3-4,9-10H,2,5-8,17H2,1H3,(H,18,22);(H,6,7). The molecule has 0 aliphatic carbocycles. The normalized spacial score (nSPS) is 10.7. The van der Waals surface area contributed by atoms with Gasteiger partial charge in [0, 0.05) is 13.1 Å². The fourth-order valence-corrected chi connectivity index (χ4v) is 2.60. The summed E-state index contributed by atoms with van der Waals surface area (Å²) in [4.78, 5) is 20.7. The smallest absolute Gasteiger partial charge is 0.490 e. The van der Waals surface area contributed by atoms with Crippen molar-refractivity contribution in [2.24, 2.45) is 5.73 Å². The summed E-state index contributed by atoms with van der Waals surface area (Å²) in [7, 11) is 1.63. The SMILES string of the molecule is COc1ccc(CCn2cc(C(=O)NCCCN)nn2)cc1Br.O=C(O)C(F)(F)F. The minimum absolute atomic E-state index is 0.225. The highest BCUT2D eigenvalue weighted by Crippen LogP contribution is 2.25. The largest absolute Gasteiger partial charge is 0.496 e. The highest BCUT2D eigenvalue weighted by atomic mass is 79.9. The molecule has 1 heterocycles. The molecule has 4 N–H and O–H groups in total. The molecule has 1 aromatic heterocycles. The lowest BCUT2D eigenvalue weighted by Crippen LogP contribution is -2.26. The number of carboxylic acids is 1. The molecule has 2 rings (SSSR count). The Bertz CT molecular complexity index is 845. The second kappa shape index (κ2) is 12.1. The molecule has 9 nitrogen and oxygen atoms in total. The first kappa shape index (κ1) is 25.4. The van der Waals surface area contributed by atoms with E-state index in [1.807, 2.05) is 18.2 Å². The summed E-state index contributed by atoms with van der Waals surface area (Å²) in [5.74, 6) is -2.18. The molecule has 0 saturated carbocycles. The first-order valence-corrected chi connectivity index (χ1v) is 9.38. The third-order valence-corrected chi connectivity index (χ3v) is 4.15. The van der Waals surface area contributed by atoms with Gasteiger partial charge in [0.05, 0.1) is 17.8 Å². The number of aromatic nitrogens is 3. The molecule has 1 aromatic carbocycles. The van der Waals surface area contributed by atoms with Crippen molar-refractivity contribution in [1.29, 1.82) is 0 Å². The molecule has 0 aliphatic heterocycles. The van der Waals surface area contributed by atoms with Gasteiger partial charge in [0.1, 0.15) is 5.75 Å². The summed E-state index contributed by atoms with van der Waals surface area (Å²) in [6, 6.07) is 5.92. The Kier molecular flexibility index (Phi) is 10.3. The van der Waals surface area contributed by atoms with Crippen LogP contribution in [-0.2, 0) is 17.8 Å². The van der Waals surface area contributed by atoms with E-state index in [2.05, 4.69) is 31.6 Å². The van der Waals surface area contributed by atoms with Crippen molar-refractivity contribution >= 4 is 27.8 Å². The number of ether oxygens (including phenoxy) is 1. The quantitative estimate of drug-likeness (QED) is 0.477. The summed E-state index contributed by atoms with van der Waals surface area (Å²) in [5.41, 5.74) is 6.84. The Labute approximate surface area is 178 Å². The number of rotatable bonds is 8. The van der Waals surface area contributed by atoms with E-state index in [0.29, 0.717) is 25.3 Å². The number of benzene rings is 1. The minimum Gasteiger partial charge on any atom is -0.496 e. The van der Waals surface area contributed by atoms with Gasteiger partial charge in [0.25, 0.3) is 5.91 Å². The maximum atomic E-state index is 11.8. The Balaban J connectivity index is 0.000000553. The van der Waals surface area contributed by atoms with Gasteiger partial charge in [-0.2, -0.15) is 13.2 Å². The number of aryl methyl sites for hydroxylation is 2. The number of hydrogen-bond donors (Lipinski definition) is 3. The number of carbonyl (C=O) groups is 2. The molecule has 0 saturated heterocycles. The van der Waals surface area contributed by atoms with Gasteiger partial charge in [-0.3, -0.25) is 9.48 Å². The van der Waals surface area contributed by atoms with E-state index in [1.165, 1.54) is 0 Å². The van der Waals surface area contributed by atoms with Gasteiger partial charge in [0.2, 0.25) is 0 Å². The maximum absolute atomic E-state index is 11.8. The van der Waals surface area contributed by atoms with E-state index in [4.69, 9.17) is 20.4 Å². The van der Waals surface area contributed by atoms with E-state index in [1.54, 1.807) is 18.0 Å². The summed E-state index contributed by atoms with van der Waals surface area (Å²) < 4.78 is 39.5. The zero-order valence-electron chi connectivity index (χ0n) is 15.9. The lowest BCUT2D eigenvalue weighted by Gasteiger charge is -2.06. The van der Waals surface area contributed by atoms with Crippen LogP contribution in [0.3, 0.4) is 0 Å². The summed E-state index contributed by atoms with van der Waals surface area (Å²) in [5, 5.41) is 17.8. The zero-order chi connectivity index (χ0) is 22.7. The topological polar surface area (TPSA) is 132 Å². The van der Waals surface area contributed by atoms with E-state index < -0.39 is 12.1 Å². The fraction of sp³-hybridized carbons (Fsp3) is 0.412. The average Bonchev–Trinajstić information content (AvgIpc) is 3.15. The van der Waals surface area contributed by atoms with E-state index in [9.17, 15) is 18.0 Å². The summed E-state index contributed by atoms with van der Waals surface area (Å²) in [6.45, 7) is 1.73. The second-order valence-electron chi connectivity index (χ2n) is 5.79.